The average molecular weight is 405 g/mol. The number of benzene rings is 1. The molecule has 1 aliphatic heterocycles. The molecule has 0 amide bonds. The molecule has 27 heavy (non-hydrogen) atoms. The molecule has 0 aliphatic carbocycles. The molecule has 0 bridgehead atoms. The summed E-state index contributed by atoms with van der Waals surface area (Å²) >= 11 is 7.59. The van der Waals surface area contributed by atoms with Gasteiger partial charge in [-0.3, -0.25) is 4.79 Å². The molecule has 1 aromatic carbocycles. The van der Waals surface area contributed by atoms with Crippen LogP contribution in [-0.2, 0) is 6.42 Å². The quantitative estimate of drug-likeness (QED) is 0.394. The van der Waals surface area contributed by atoms with Crippen molar-refractivity contribution >= 4 is 34.3 Å². The van der Waals surface area contributed by atoms with Crippen LogP contribution in [0.25, 0.3) is 10.9 Å². The van der Waals surface area contributed by atoms with Crippen LogP contribution in [0, 0.1) is 5.92 Å². The van der Waals surface area contributed by atoms with E-state index in [1.807, 2.05) is 18.2 Å². The van der Waals surface area contributed by atoms with E-state index in [0.717, 1.165) is 34.3 Å². The van der Waals surface area contributed by atoms with E-state index < -0.39 is 6.04 Å². The number of halogens is 1. The topological polar surface area (TPSA) is 93.8 Å². The minimum atomic E-state index is -0.444. The van der Waals surface area contributed by atoms with Crippen LogP contribution >= 0.6 is 23.4 Å². The van der Waals surface area contributed by atoms with Gasteiger partial charge in [0.05, 0.1) is 6.04 Å². The lowest BCUT2D eigenvalue weighted by molar-refractivity contribution is 0.421. The summed E-state index contributed by atoms with van der Waals surface area (Å²) in [4.78, 5) is 23.1. The van der Waals surface area contributed by atoms with Crippen LogP contribution in [0.3, 0.4) is 0 Å². The highest BCUT2D eigenvalue weighted by Gasteiger charge is 2.30. The molecule has 8 heteroatoms. The Morgan fingerprint density at radius 2 is 2.19 bits per heavy atom. The van der Waals surface area contributed by atoms with Crippen LogP contribution in [0.2, 0.25) is 5.02 Å². The number of aromatic amines is 2. The molecule has 0 fully saturated rings. The van der Waals surface area contributed by atoms with Gasteiger partial charge in [-0.15, -0.1) is 0 Å². The van der Waals surface area contributed by atoms with E-state index in [1.54, 1.807) is 0 Å². The first-order valence-corrected chi connectivity index (χ1v) is 10.3. The lowest BCUT2D eigenvalue weighted by atomic mass is 9.95. The maximum absolute atomic E-state index is 12.7. The summed E-state index contributed by atoms with van der Waals surface area (Å²) in [7, 11) is 0. The van der Waals surface area contributed by atoms with Gasteiger partial charge < -0.3 is 20.4 Å². The summed E-state index contributed by atoms with van der Waals surface area (Å²) in [6.45, 7) is 4.88. The highest BCUT2D eigenvalue weighted by molar-refractivity contribution is 7.99. The Hall–Kier alpha value is -1.96. The number of thioether (sulfide) groups is 1. The Morgan fingerprint density at radius 1 is 1.37 bits per heavy atom. The monoisotopic (exact) mass is 404 g/mol. The van der Waals surface area contributed by atoms with Crippen LogP contribution in [0.4, 0.5) is 0 Å². The highest BCUT2D eigenvalue weighted by Crippen LogP contribution is 2.35. The third-order valence-electron chi connectivity index (χ3n) is 4.67. The van der Waals surface area contributed by atoms with Gasteiger partial charge in [-0.1, -0.05) is 37.2 Å². The second-order valence-corrected chi connectivity index (χ2v) is 8.60. The van der Waals surface area contributed by atoms with Crippen molar-refractivity contribution in [3.8, 4) is 5.88 Å². The Bertz CT molecular complexity index is 1060. The van der Waals surface area contributed by atoms with Crippen molar-refractivity contribution in [3.63, 3.8) is 0 Å². The molecule has 0 saturated carbocycles. The summed E-state index contributed by atoms with van der Waals surface area (Å²) < 4.78 is 0. The number of hydrogen-bond acceptors (Lipinski definition) is 5. The Morgan fingerprint density at radius 3 is 2.93 bits per heavy atom. The van der Waals surface area contributed by atoms with Crippen LogP contribution < -0.4 is 10.9 Å². The fourth-order valence-corrected chi connectivity index (χ4v) is 4.45. The summed E-state index contributed by atoms with van der Waals surface area (Å²) in [6, 6.07) is 5.25. The summed E-state index contributed by atoms with van der Waals surface area (Å²) in [5.74, 6) is 1.05. The molecule has 6 nitrogen and oxygen atoms in total. The van der Waals surface area contributed by atoms with Gasteiger partial charge in [0.15, 0.2) is 5.16 Å². The zero-order valence-electron chi connectivity index (χ0n) is 15.1. The molecular weight excluding hydrogens is 384 g/mol. The first kappa shape index (κ1) is 18.4. The van der Waals surface area contributed by atoms with Gasteiger partial charge in [-0.2, -0.15) is 4.98 Å². The van der Waals surface area contributed by atoms with Crippen molar-refractivity contribution in [2.24, 2.45) is 5.92 Å². The third-order valence-corrected chi connectivity index (χ3v) is 6.20. The van der Waals surface area contributed by atoms with Crippen LogP contribution in [0.15, 0.2) is 28.2 Å². The Kier molecular flexibility index (Phi) is 4.92. The molecule has 3 aromatic rings. The molecule has 0 radical (unpaired) electrons. The maximum atomic E-state index is 12.7. The van der Waals surface area contributed by atoms with Crippen LogP contribution in [-0.4, -0.2) is 32.4 Å². The SMILES string of the molecule is CC(C)CSc1nc(O)c([C@@H]2NCCc3c2[nH]c2ccc(Cl)cc32)c(=O)[nH]1. The van der Waals surface area contributed by atoms with Crippen molar-refractivity contribution in [2.45, 2.75) is 31.5 Å². The van der Waals surface area contributed by atoms with E-state index >= 15 is 0 Å². The van der Waals surface area contributed by atoms with E-state index in [-0.39, 0.29) is 17.0 Å². The summed E-state index contributed by atoms with van der Waals surface area (Å²) in [5.41, 5.74) is 2.88. The van der Waals surface area contributed by atoms with Crippen molar-refractivity contribution in [2.75, 3.05) is 12.3 Å². The number of aromatic nitrogens is 3. The predicted octanol–water partition coefficient (Wildman–Crippen LogP) is 3.59. The highest BCUT2D eigenvalue weighted by atomic mass is 35.5. The first-order valence-electron chi connectivity index (χ1n) is 8.93. The van der Waals surface area contributed by atoms with Crippen molar-refractivity contribution in [1.82, 2.24) is 20.3 Å². The molecule has 4 rings (SSSR count). The Labute approximate surface area is 165 Å². The van der Waals surface area contributed by atoms with Crippen molar-refractivity contribution in [1.29, 1.82) is 0 Å². The number of H-pyrrole nitrogens is 2. The van der Waals surface area contributed by atoms with Crippen molar-refractivity contribution in [3.05, 3.63) is 50.4 Å². The molecule has 0 saturated heterocycles. The number of rotatable bonds is 4. The average Bonchev–Trinajstić information content (AvgIpc) is 2.98. The Balaban J connectivity index is 1.77. The first-order chi connectivity index (χ1) is 12.9. The van der Waals surface area contributed by atoms with E-state index in [9.17, 15) is 9.90 Å². The zero-order chi connectivity index (χ0) is 19.1. The lowest BCUT2D eigenvalue weighted by Crippen LogP contribution is -2.34. The number of nitrogens with one attached hydrogen (secondary N) is 3. The number of hydrogen-bond donors (Lipinski definition) is 4. The summed E-state index contributed by atoms with van der Waals surface area (Å²) in [6.07, 6.45) is 0.820. The van der Waals surface area contributed by atoms with E-state index in [1.165, 1.54) is 11.8 Å². The van der Waals surface area contributed by atoms with Crippen molar-refractivity contribution < 1.29 is 5.11 Å². The molecule has 1 aliphatic rings. The molecule has 4 N–H and O–H groups in total. The summed E-state index contributed by atoms with van der Waals surface area (Å²) in [5, 5.41) is 16.0. The number of fused-ring (bicyclic) bond motifs is 3. The van der Waals surface area contributed by atoms with E-state index in [4.69, 9.17) is 11.6 Å². The van der Waals surface area contributed by atoms with Gasteiger partial charge in [0.25, 0.3) is 5.56 Å². The second-order valence-electron chi connectivity index (χ2n) is 7.16. The standard InChI is InChI=1S/C19H21ClN4O2S/c1-9(2)8-27-19-23-17(25)14(18(26)24-19)16-15-11(5-6-21-16)12-7-10(20)3-4-13(12)22-15/h3-4,7,9,16,21-22H,5-6,8H2,1-2H3,(H2,23,24,25,26)/t16-/m0/s1. The minimum Gasteiger partial charge on any atom is -0.493 e. The molecule has 0 unspecified atom stereocenters. The van der Waals surface area contributed by atoms with Gasteiger partial charge >= 0.3 is 0 Å². The maximum Gasteiger partial charge on any atom is 0.260 e. The normalized spacial score (nSPS) is 16.8. The van der Waals surface area contributed by atoms with Crippen LogP contribution in [0.1, 0.15) is 36.7 Å². The van der Waals surface area contributed by atoms with Gasteiger partial charge in [0, 0.05) is 33.9 Å². The molecule has 2 aromatic heterocycles. The minimum absolute atomic E-state index is 0.230. The smallest absolute Gasteiger partial charge is 0.260 e. The number of aromatic hydroxyl groups is 1. The van der Waals surface area contributed by atoms with E-state index in [2.05, 4.69) is 34.1 Å². The number of nitrogens with zero attached hydrogens (tertiary/aromatic N) is 1. The molecule has 1 atom stereocenters. The fourth-order valence-electron chi connectivity index (χ4n) is 3.47. The van der Waals surface area contributed by atoms with Gasteiger partial charge in [-0.25, -0.2) is 0 Å². The van der Waals surface area contributed by atoms with Gasteiger partial charge in [0.1, 0.15) is 5.56 Å². The molecule has 0 spiro atoms. The zero-order valence-corrected chi connectivity index (χ0v) is 16.7. The van der Waals surface area contributed by atoms with Gasteiger partial charge in [0.2, 0.25) is 5.88 Å². The molecule has 3 heterocycles. The molecular formula is C19H21ClN4O2S. The predicted molar refractivity (Wildman–Crippen MR) is 109 cm³/mol. The van der Waals surface area contributed by atoms with Crippen LogP contribution in [0.5, 0.6) is 5.88 Å². The molecule has 142 valence electrons. The lowest BCUT2D eigenvalue weighted by Gasteiger charge is -2.24. The van der Waals surface area contributed by atoms with Gasteiger partial charge in [-0.05, 0) is 36.1 Å². The second kappa shape index (κ2) is 7.22. The third kappa shape index (κ3) is 3.47. The largest absolute Gasteiger partial charge is 0.493 e. The van der Waals surface area contributed by atoms with E-state index in [0.29, 0.717) is 22.6 Å². The fraction of sp³-hybridized carbons (Fsp3) is 0.368.